The minimum absolute atomic E-state index is 0.313. The highest BCUT2D eigenvalue weighted by atomic mass is 79.9. The first-order valence-electron chi connectivity index (χ1n) is 7.26. The maximum Gasteiger partial charge on any atom is 0.0373 e. The van der Waals surface area contributed by atoms with E-state index in [4.69, 9.17) is 0 Å². The molecule has 1 saturated heterocycles. The van der Waals surface area contributed by atoms with Gasteiger partial charge in [0.15, 0.2) is 0 Å². The summed E-state index contributed by atoms with van der Waals surface area (Å²) >= 11 is 3.66. The predicted octanol–water partition coefficient (Wildman–Crippen LogP) is 3.64. The van der Waals surface area contributed by atoms with Crippen LogP contribution in [0.5, 0.6) is 0 Å². The number of anilines is 1. The van der Waals surface area contributed by atoms with E-state index in [1.165, 1.54) is 34.1 Å². The van der Waals surface area contributed by atoms with Crippen LogP contribution in [-0.4, -0.2) is 25.2 Å². The first kappa shape index (κ1) is 13.4. The molecule has 1 aromatic carbocycles. The van der Waals surface area contributed by atoms with Crippen molar-refractivity contribution in [3.8, 4) is 0 Å². The fourth-order valence-corrected chi connectivity index (χ4v) is 3.56. The van der Waals surface area contributed by atoms with Gasteiger partial charge in [0.25, 0.3) is 0 Å². The Bertz CT molecular complexity index is 473. The second-order valence-corrected chi connectivity index (χ2v) is 7.23. The maximum absolute atomic E-state index is 3.75. The molecule has 1 aliphatic carbocycles. The third-order valence-corrected chi connectivity index (χ3v) is 5.95. The molecule has 1 aromatic rings. The summed E-state index contributed by atoms with van der Waals surface area (Å²) in [5, 5.41) is 3.75. The number of hydrogen-bond acceptors (Lipinski definition) is 2. The first-order valence-corrected chi connectivity index (χ1v) is 8.06. The van der Waals surface area contributed by atoms with Crippen molar-refractivity contribution in [2.75, 3.05) is 24.5 Å². The molecule has 0 radical (unpaired) electrons. The van der Waals surface area contributed by atoms with Gasteiger partial charge in [-0.2, -0.15) is 0 Å². The predicted molar refractivity (Wildman–Crippen MR) is 85.0 cm³/mol. The number of benzene rings is 1. The molecule has 0 amide bonds. The van der Waals surface area contributed by atoms with E-state index in [9.17, 15) is 0 Å². The van der Waals surface area contributed by atoms with Gasteiger partial charge in [0.2, 0.25) is 0 Å². The van der Waals surface area contributed by atoms with E-state index in [0.717, 1.165) is 25.6 Å². The molecule has 2 nitrogen and oxygen atoms in total. The fraction of sp³-hybridized carbons (Fsp3) is 0.625. The van der Waals surface area contributed by atoms with Crippen molar-refractivity contribution in [1.82, 2.24) is 5.32 Å². The van der Waals surface area contributed by atoms with Gasteiger partial charge in [0, 0.05) is 35.3 Å². The molecule has 0 spiro atoms. The second-order valence-electron chi connectivity index (χ2n) is 6.43. The number of rotatable bonds is 2. The van der Waals surface area contributed by atoms with Gasteiger partial charge in [0.05, 0.1) is 0 Å². The van der Waals surface area contributed by atoms with E-state index in [1.54, 1.807) is 0 Å². The molecule has 19 heavy (non-hydrogen) atoms. The van der Waals surface area contributed by atoms with Crippen LogP contribution in [-0.2, 0) is 0 Å². The molecule has 2 aliphatic rings. The molecule has 1 saturated carbocycles. The summed E-state index contributed by atoms with van der Waals surface area (Å²) in [4.78, 5) is 2.56. The molecule has 1 aliphatic heterocycles. The molecule has 1 atom stereocenters. The normalized spacial score (nSPS) is 27.7. The molecule has 0 bridgehead atoms. The van der Waals surface area contributed by atoms with Gasteiger partial charge in [-0.1, -0.05) is 15.9 Å². The average molecular weight is 323 g/mol. The minimum Gasteiger partial charge on any atom is -0.368 e. The summed E-state index contributed by atoms with van der Waals surface area (Å²) < 4.78 is 1.25. The van der Waals surface area contributed by atoms with Crippen molar-refractivity contribution in [2.45, 2.75) is 39.2 Å². The molecule has 1 heterocycles. The molecular weight excluding hydrogens is 300 g/mol. The van der Waals surface area contributed by atoms with Crippen LogP contribution in [0.3, 0.4) is 0 Å². The van der Waals surface area contributed by atoms with Gasteiger partial charge in [0.1, 0.15) is 0 Å². The molecule has 2 fully saturated rings. The van der Waals surface area contributed by atoms with Crippen LogP contribution >= 0.6 is 15.9 Å². The van der Waals surface area contributed by atoms with Gasteiger partial charge in [-0.15, -0.1) is 0 Å². The van der Waals surface area contributed by atoms with Crippen LogP contribution in [0.1, 0.15) is 30.9 Å². The maximum atomic E-state index is 3.75. The quantitative estimate of drug-likeness (QED) is 0.894. The third kappa shape index (κ3) is 2.55. The van der Waals surface area contributed by atoms with Gasteiger partial charge in [-0.05, 0) is 62.8 Å². The fourth-order valence-electron chi connectivity index (χ4n) is 3.33. The van der Waals surface area contributed by atoms with Crippen LogP contribution in [0.4, 0.5) is 5.69 Å². The standard InChI is InChI=1S/C16H23BrN2/c1-11-8-14(9-12(2)15(11)17)19-7-6-18-16(3,10-19)13-4-5-13/h8-9,13,18H,4-7,10H2,1-3H3. The van der Waals surface area contributed by atoms with Gasteiger partial charge in [-0.25, -0.2) is 0 Å². The lowest BCUT2D eigenvalue weighted by Gasteiger charge is -2.43. The molecule has 104 valence electrons. The van der Waals surface area contributed by atoms with Crippen molar-refractivity contribution >= 4 is 21.6 Å². The van der Waals surface area contributed by atoms with Crippen LogP contribution in [0.2, 0.25) is 0 Å². The topological polar surface area (TPSA) is 15.3 Å². The Morgan fingerprint density at radius 2 is 1.89 bits per heavy atom. The van der Waals surface area contributed by atoms with E-state index >= 15 is 0 Å². The summed E-state index contributed by atoms with van der Waals surface area (Å²) in [5.74, 6) is 0.882. The van der Waals surface area contributed by atoms with E-state index in [1.807, 2.05) is 0 Å². The third-order valence-electron chi connectivity index (χ3n) is 4.69. The summed E-state index contributed by atoms with van der Waals surface area (Å²) in [6, 6.07) is 4.63. The monoisotopic (exact) mass is 322 g/mol. The van der Waals surface area contributed by atoms with Crippen molar-refractivity contribution < 1.29 is 0 Å². The highest BCUT2D eigenvalue weighted by molar-refractivity contribution is 9.10. The lowest BCUT2D eigenvalue weighted by Crippen LogP contribution is -2.60. The number of piperazine rings is 1. The van der Waals surface area contributed by atoms with Crippen molar-refractivity contribution in [3.63, 3.8) is 0 Å². The van der Waals surface area contributed by atoms with E-state index in [0.29, 0.717) is 5.54 Å². The highest BCUT2D eigenvalue weighted by Gasteiger charge is 2.43. The average Bonchev–Trinajstić information content (AvgIpc) is 3.20. The lowest BCUT2D eigenvalue weighted by atomic mass is 9.92. The molecule has 3 heteroatoms. The Hall–Kier alpha value is -0.540. The van der Waals surface area contributed by atoms with E-state index in [-0.39, 0.29) is 0 Å². The SMILES string of the molecule is Cc1cc(N2CCNC(C)(C3CC3)C2)cc(C)c1Br. The Labute approximate surface area is 124 Å². The van der Waals surface area contributed by atoms with Crippen LogP contribution in [0, 0.1) is 19.8 Å². The lowest BCUT2D eigenvalue weighted by molar-refractivity contribution is 0.285. The van der Waals surface area contributed by atoms with Gasteiger partial charge < -0.3 is 10.2 Å². The summed E-state index contributed by atoms with van der Waals surface area (Å²) in [5.41, 5.74) is 4.36. The molecule has 0 aromatic heterocycles. The zero-order valence-corrected chi connectivity index (χ0v) is 13.7. The molecule has 1 N–H and O–H groups in total. The summed E-state index contributed by atoms with van der Waals surface area (Å²) in [6.07, 6.45) is 2.80. The molecular formula is C16H23BrN2. The van der Waals surface area contributed by atoms with Crippen LogP contribution in [0.15, 0.2) is 16.6 Å². The zero-order chi connectivity index (χ0) is 13.6. The highest BCUT2D eigenvalue weighted by Crippen LogP contribution is 2.41. The van der Waals surface area contributed by atoms with E-state index in [2.05, 4.69) is 59.1 Å². The number of hydrogen-bond donors (Lipinski definition) is 1. The minimum atomic E-state index is 0.313. The Kier molecular flexibility index (Phi) is 3.38. The van der Waals surface area contributed by atoms with Crippen molar-refractivity contribution in [3.05, 3.63) is 27.7 Å². The molecule has 3 rings (SSSR count). The number of aryl methyl sites for hydroxylation is 2. The Morgan fingerprint density at radius 3 is 2.47 bits per heavy atom. The van der Waals surface area contributed by atoms with E-state index < -0.39 is 0 Å². The van der Waals surface area contributed by atoms with Crippen LogP contribution < -0.4 is 10.2 Å². The van der Waals surface area contributed by atoms with Crippen LogP contribution in [0.25, 0.3) is 0 Å². The second kappa shape index (κ2) is 4.78. The first-order chi connectivity index (χ1) is 8.99. The van der Waals surface area contributed by atoms with Crippen molar-refractivity contribution in [1.29, 1.82) is 0 Å². The number of halogens is 1. The zero-order valence-electron chi connectivity index (χ0n) is 12.1. The van der Waals surface area contributed by atoms with Gasteiger partial charge in [-0.3, -0.25) is 0 Å². The largest absolute Gasteiger partial charge is 0.368 e. The Balaban J connectivity index is 1.85. The molecule has 1 unspecified atom stereocenters. The van der Waals surface area contributed by atoms with Gasteiger partial charge >= 0.3 is 0 Å². The summed E-state index contributed by atoms with van der Waals surface area (Å²) in [6.45, 7) is 10.1. The number of nitrogens with one attached hydrogen (secondary N) is 1. The summed E-state index contributed by atoms with van der Waals surface area (Å²) in [7, 11) is 0. The smallest absolute Gasteiger partial charge is 0.0373 e. The Morgan fingerprint density at radius 1 is 1.26 bits per heavy atom. The van der Waals surface area contributed by atoms with Crippen molar-refractivity contribution in [2.24, 2.45) is 5.92 Å². The number of nitrogens with zero attached hydrogens (tertiary/aromatic N) is 1.